The molecule has 2 amide bonds. The van der Waals surface area contributed by atoms with Crippen molar-refractivity contribution in [3.8, 4) is 11.5 Å². The molecule has 1 N–H and O–H groups in total. The first-order valence-corrected chi connectivity index (χ1v) is 10.8. The summed E-state index contributed by atoms with van der Waals surface area (Å²) in [6.45, 7) is 0. The third-order valence-electron chi connectivity index (χ3n) is 4.79. The van der Waals surface area contributed by atoms with Crippen molar-refractivity contribution in [3.05, 3.63) is 72.8 Å². The number of hydrogen-bond donors (Lipinski definition) is 1. The molecule has 0 saturated heterocycles. The SMILES string of the molecule is O=C(CSc1nnc(-c2ccc3ccccc3c2)o1)NC1=NN(c2ccccc2)C(=O)C1. The minimum absolute atomic E-state index is 0.0397. The van der Waals surface area contributed by atoms with Gasteiger partial charge in [-0.25, -0.2) is 0 Å². The molecule has 0 fully saturated rings. The lowest BCUT2D eigenvalue weighted by Gasteiger charge is -2.10. The van der Waals surface area contributed by atoms with Crippen LogP contribution in [-0.2, 0) is 9.59 Å². The number of rotatable bonds is 5. The summed E-state index contributed by atoms with van der Waals surface area (Å²) in [6.07, 6.45) is 0.0397. The van der Waals surface area contributed by atoms with Crippen molar-refractivity contribution in [1.29, 1.82) is 0 Å². The summed E-state index contributed by atoms with van der Waals surface area (Å²) in [5.41, 5.74) is 1.47. The molecule has 158 valence electrons. The van der Waals surface area contributed by atoms with E-state index in [1.54, 1.807) is 12.1 Å². The predicted molar refractivity (Wildman–Crippen MR) is 122 cm³/mol. The van der Waals surface area contributed by atoms with Gasteiger partial charge in [0.2, 0.25) is 11.8 Å². The van der Waals surface area contributed by atoms with Gasteiger partial charge in [-0.1, -0.05) is 60.3 Å². The number of para-hydroxylation sites is 1. The summed E-state index contributed by atoms with van der Waals surface area (Å²) >= 11 is 1.12. The number of amides is 2. The minimum Gasteiger partial charge on any atom is -0.411 e. The highest BCUT2D eigenvalue weighted by atomic mass is 32.2. The van der Waals surface area contributed by atoms with Crippen molar-refractivity contribution < 1.29 is 14.0 Å². The van der Waals surface area contributed by atoms with Gasteiger partial charge < -0.3 is 9.73 Å². The van der Waals surface area contributed by atoms with Crippen LogP contribution in [0.15, 0.2) is 87.5 Å². The molecule has 9 heteroatoms. The van der Waals surface area contributed by atoms with Gasteiger partial charge in [0.15, 0.2) is 0 Å². The molecule has 0 atom stereocenters. The Kier molecular flexibility index (Phi) is 5.39. The fourth-order valence-corrected chi connectivity index (χ4v) is 3.86. The maximum absolute atomic E-state index is 12.3. The van der Waals surface area contributed by atoms with Crippen LogP contribution >= 0.6 is 11.8 Å². The molecule has 4 aromatic rings. The fourth-order valence-electron chi connectivity index (χ4n) is 3.30. The van der Waals surface area contributed by atoms with E-state index < -0.39 is 0 Å². The highest BCUT2D eigenvalue weighted by Gasteiger charge is 2.26. The minimum atomic E-state index is -0.304. The molecule has 2 heterocycles. The molecule has 1 aliphatic rings. The number of nitrogens with one attached hydrogen (secondary N) is 1. The molecule has 5 rings (SSSR count). The van der Waals surface area contributed by atoms with Crippen molar-refractivity contribution in [2.45, 2.75) is 11.6 Å². The molecule has 1 aromatic heterocycles. The standard InChI is InChI=1S/C23H17N5O3S/c29-20(24-19-13-21(30)28(27-19)18-8-2-1-3-9-18)14-32-23-26-25-22(31-23)17-11-10-15-6-4-5-7-16(15)12-17/h1-12H,13-14H2,(H,24,27,29). The van der Waals surface area contributed by atoms with Crippen molar-refractivity contribution in [2.24, 2.45) is 5.10 Å². The molecule has 8 nitrogen and oxygen atoms in total. The summed E-state index contributed by atoms with van der Waals surface area (Å²) < 4.78 is 5.70. The Bertz CT molecular complexity index is 1340. The molecule has 0 bridgehead atoms. The highest BCUT2D eigenvalue weighted by molar-refractivity contribution is 7.99. The zero-order valence-electron chi connectivity index (χ0n) is 16.8. The van der Waals surface area contributed by atoms with Crippen molar-refractivity contribution >= 4 is 45.9 Å². The predicted octanol–water partition coefficient (Wildman–Crippen LogP) is 3.85. The highest BCUT2D eigenvalue weighted by Crippen LogP contribution is 2.26. The number of hydrogen-bond acceptors (Lipinski definition) is 7. The number of benzene rings is 3. The molecule has 1 aliphatic heterocycles. The number of fused-ring (bicyclic) bond motifs is 1. The average Bonchev–Trinajstić information content (AvgIpc) is 3.44. The van der Waals surface area contributed by atoms with Crippen LogP contribution in [0.3, 0.4) is 0 Å². The summed E-state index contributed by atoms with van der Waals surface area (Å²) in [7, 11) is 0. The Morgan fingerprint density at radius 1 is 1.00 bits per heavy atom. The molecule has 0 saturated carbocycles. The van der Waals surface area contributed by atoms with E-state index in [-0.39, 0.29) is 24.0 Å². The summed E-state index contributed by atoms with van der Waals surface area (Å²) in [5, 5.41) is 18.8. The topological polar surface area (TPSA) is 101 Å². The Morgan fingerprint density at radius 2 is 1.78 bits per heavy atom. The third kappa shape index (κ3) is 4.23. The fraction of sp³-hybridized carbons (Fsp3) is 0.0870. The zero-order valence-corrected chi connectivity index (χ0v) is 17.6. The number of amidine groups is 1. The van der Waals surface area contributed by atoms with Gasteiger partial charge >= 0.3 is 0 Å². The second-order valence-electron chi connectivity index (χ2n) is 7.04. The van der Waals surface area contributed by atoms with E-state index in [9.17, 15) is 9.59 Å². The lowest BCUT2D eigenvalue weighted by atomic mass is 10.1. The van der Waals surface area contributed by atoms with E-state index in [4.69, 9.17) is 4.42 Å². The number of carbonyl (C=O) groups is 2. The number of hydrazone groups is 1. The molecule has 0 aliphatic carbocycles. The second-order valence-corrected chi connectivity index (χ2v) is 7.96. The first-order valence-electron chi connectivity index (χ1n) is 9.86. The summed E-state index contributed by atoms with van der Waals surface area (Å²) in [5.74, 6) is 0.255. The second kappa shape index (κ2) is 8.64. The van der Waals surface area contributed by atoms with Gasteiger partial charge in [0, 0.05) is 5.56 Å². The van der Waals surface area contributed by atoms with Crippen LogP contribution in [0, 0.1) is 0 Å². The molecule has 0 unspecified atom stereocenters. The van der Waals surface area contributed by atoms with Gasteiger partial charge in [0.05, 0.1) is 17.9 Å². The quantitative estimate of drug-likeness (QED) is 0.470. The van der Waals surface area contributed by atoms with Crippen LogP contribution in [0.25, 0.3) is 22.2 Å². The molecule has 32 heavy (non-hydrogen) atoms. The number of thioether (sulfide) groups is 1. The van der Waals surface area contributed by atoms with E-state index in [1.165, 1.54) is 5.01 Å². The maximum atomic E-state index is 12.3. The Labute approximate surface area is 187 Å². The van der Waals surface area contributed by atoms with E-state index in [0.29, 0.717) is 22.6 Å². The molecule has 0 spiro atoms. The van der Waals surface area contributed by atoms with Crippen LogP contribution in [0.1, 0.15) is 6.42 Å². The molecule has 0 radical (unpaired) electrons. The molecular formula is C23H17N5O3S. The first kappa shape index (κ1) is 20.0. The van der Waals surface area contributed by atoms with Gasteiger partial charge in [0.25, 0.3) is 11.1 Å². The van der Waals surface area contributed by atoms with E-state index in [0.717, 1.165) is 28.1 Å². The van der Waals surface area contributed by atoms with Gasteiger partial charge in [-0.3, -0.25) is 9.59 Å². The van der Waals surface area contributed by atoms with Crippen molar-refractivity contribution in [2.75, 3.05) is 10.8 Å². The Balaban J connectivity index is 1.20. The number of carbonyl (C=O) groups excluding carboxylic acids is 2. The van der Waals surface area contributed by atoms with Crippen molar-refractivity contribution in [1.82, 2.24) is 15.5 Å². The third-order valence-corrected chi connectivity index (χ3v) is 5.61. The Hall–Kier alpha value is -3.98. The van der Waals surface area contributed by atoms with Crippen LogP contribution in [0.2, 0.25) is 0 Å². The number of aromatic nitrogens is 2. The van der Waals surface area contributed by atoms with Gasteiger partial charge in [-0.2, -0.15) is 10.1 Å². The monoisotopic (exact) mass is 443 g/mol. The summed E-state index contributed by atoms with van der Waals surface area (Å²) in [6, 6.07) is 23.0. The van der Waals surface area contributed by atoms with E-state index >= 15 is 0 Å². The van der Waals surface area contributed by atoms with Gasteiger partial charge in [-0.15, -0.1) is 10.2 Å². The Morgan fingerprint density at radius 3 is 2.62 bits per heavy atom. The van der Waals surface area contributed by atoms with E-state index in [2.05, 4.69) is 20.6 Å². The van der Waals surface area contributed by atoms with Crippen LogP contribution in [-0.4, -0.2) is 33.6 Å². The zero-order chi connectivity index (χ0) is 21.9. The first-order chi connectivity index (χ1) is 15.7. The van der Waals surface area contributed by atoms with Crippen LogP contribution in [0.5, 0.6) is 0 Å². The maximum Gasteiger partial charge on any atom is 0.277 e. The molecular weight excluding hydrogens is 426 g/mol. The van der Waals surface area contributed by atoms with Gasteiger partial charge in [-0.05, 0) is 35.0 Å². The largest absolute Gasteiger partial charge is 0.411 e. The normalized spacial score (nSPS) is 13.4. The van der Waals surface area contributed by atoms with Gasteiger partial charge in [0.1, 0.15) is 5.84 Å². The lowest BCUT2D eigenvalue weighted by molar-refractivity contribution is -0.117. The van der Waals surface area contributed by atoms with E-state index in [1.807, 2.05) is 60.7 Å². The number of anilines is 1. The smallest absolute Gasteiger partial charge is 0.277 e. The summed E-state index contributed by atoms with van der Waals surface area (Å²) in [4.78, 5) is 24.5. The average molecular weight is 443 g/mol. The van der Waals surface area contributed by atoms with Crippen molar-refractivity contribution in [3.63, 3.8) is 0 Å². The van der Waals surface area contributed by atoms with Crippen LogP contribution in [0.4, 0.5) is 5.69 Å². The number of nitrogens with zero attached hydrogens (tertiary/aromatic N) is 4. The van der Waals surface area contributed by atoms with Crippen LogP contribution < -0.4 is 10.3 Å². The molecule has 3 aromatic carbocycles. The lowest BCUT2D eigenvalue weighted by Crippen LogP contribution is -2.31.